The predicted octanol–water partition coefficient (Wildman–Crippen LogP) is 2.51. The standard InChI is InChI=1S/C14H26O3/c1-3-14(15,4-2)12-5-8-17-13(11-12)6-9-16-10-7-13/h12,15H,3-11H2,1-2H3. The summed E-state index contributed by atoms with van der Waals surface area (Å²) >= 11 is 0. The number of hydrogen-bond acceptors (Lipinski definition) is 3. The minimum Gasteiger partial charge on any atom is -0.390 e. The Morgan fingerprint density at radius 3 is 2.41 bits per heavy atom. The minimum absolute atomic E-state index is 0.000509. The summed E-state index contributed by atoms with van der Waals surface area (Å²) in [5.74, 6) is 0.393. The van der Waals surface area contributed by atoms with Gasteiger partial charge in [-0.1, -0.05) is 13.8 Å². The Balaban J connectivity index is 2.05. The second-order valence-electron chi connectivity index (χ2n) is 5.64. The Labute approximate surface area is 104 Å². The lowest BCUT2D eigenvalue weighted by atomic mass is 9.71. The highest BCUT2D eigenvalue weighted by Gasteiger charge is 2.45. The van der Waals surface area contributed by atoms with Crippen LogP contribution in [0.5, 0.6) is 0 Å². The van der Waals surface area contributed by atoms with Gasteiger partial charge < -0.3 is 14.6 Å². The highest BCUT2D eigenvalue weighted by molar-refractivity contribution is 4.95. The van der Waals surface area contributed by atoms with E-state index < -0.39 is 5.60 Å². The molecule has 2 heterocycles. The maximum Gasteiger partial charge on any atom is 0.0730 e. The lowest BCUT2D eigenvalue weighted by Gasteiger charge is -2.47. The van der Waals surface area contributed by atoms with Crippen molar-refractivity contribution in [2.45, 2.75) is 63.6 Å². The Bertz CT molecular complexity index is 236. The fourth-order valence-electron chi connectivity index (χ4n) is 3.41. The zero-order valence-electron chi connectivity index (χ0n) is 11.2. The molecule has 2 fully saturated rings. The molecule has 0 aromatic heterocycles. The van der Waals surface area contributed by atoms with Gasteiger partial charge in [-0.25, -0.2) is 0 Å². The smallest absolute Gasteiger partial charge is 0.0730 e. The number of ether oxygens (including phenoxy) is 2. The van der Waals surface area contributed by atoms with Crippen LogP contribution in [0, 0.1) is 5.92 Å². The van der Waals surface area contributed by atoms with Crippen LogP contribution in [-0.2, 0) is 9.47 Å². The molecule has 2 rings (SSSR count). The summed E-state index contributed by atoms with van der Waals surface area (Å²) < 4.78 is 11.5. The fraction of sp³-hybridized carbons (Fsp3) is 1.00. The molecule has 0 bridgehead atoms. The quantitative estimate of drug-likeness (QED) is 0.826. The van der Waals surface area contributed by atoms with Gasteiger partial charge >= 0.3 is 0 Å². The van der Waals surface area contributed by atoms with Gasteiger partial charge in [-0.15, -0.1) is 0 Å². The summed E-state index contributed by atoms with van der Waals surface area (Å²) in [5, 5.41) is 10.7. The van der Waals surface area contributed by atoms with E-state index in [1.807, 2.05) is 0 Å². The lowest BCUT2D eigenvalue weighted by molar-refractivity contribution is -0.176. The average molecular weight is 242 g/mol. The molecular weight excluding hydrogens is 216 g/mol. The third kappa shape index (κ3) is 2.67. The Kier molecular flexibility index (Phi) is 4.11. The predicted molar refractivity (Wildman–Crippen MR) is 67.0 cm³/mol. The molecule has 0 aromatic carbocycles. The minimum atomic E-state index is -0.491. The van der Waals surface area contributed by atoms with Crippen molar-refractivity contribution in [3.05, 3.63) is 0 Å². The molecule has 0 radical (unpaired) electrons. The van der Waals surface area contributed by atoms with Crippen molar-refractivity contribution in [3.8, 4) is 0 Å². The summed E-state index contributed by atoms with van der Waals surface area (Å²) in [6.45, 7) is 6.60. The van der Waals surface area contributed by atoms with E-state index in [0.717, 1.165) is 58.3 Å². The van der Waals surface area contributed by atoms with Gasteiger partial charge in [0.1, 0.15) is 0 Å². The van der Waals surface area contributed by atoms with Gasteiger partial charge in [0, 0.05) is 19.8 Å². The van der Waals surface area contributed by atoms with E-state index in [9.17, 15) is 5.11 Å². The van der Waals surface area contributed by atoms with Crippen molar-refractivity contribution < 1.29 is 14.6 Å². The van der Waals surface area contributed by atoms with Crippen molar-refractivity contribution in [2.24, 2.45) is 5.92 Å². The molecule has 1 spiro atoms. The largest absolute Gasteiger partial charge is 0.390 e. The summed E-state index contributed by atoms with van der Waals surface area (Å²) in [4.78, 5) is 0. The van der Waals surface area contributed by atoms with Crippen LogP contribution in [0.3, 0.4) is 0 Å². The van der Waals surface area contributed by atoms with Gasteiger partial charge in [0.2, 0.25) is 0 Å². The Morgan fingerprint density at radius 1 is 1.18 bits per heavy atom. The topological polar surface area (TPSA) is 38.7 Å². The third-order valence-electron chi connectivity index (χ3n) is 4.88. The zero-order chi connectivity index (χ0) is 12.4. The molecule has 3 nitrogen and oxygen atoms in total. The first-order valence-electron chi connectivity index (χ1n) is 7.08. The summed E-state index contributed by atoms with van der Waals surface area (Å²) in [6.07, 6.45) is 5.69. The van der Waals surface area contributed by atoms with Gasteiger partial charge in [0.15, 0.2) is 0 Å². The van der Waals surface area contributed by atoms with E-state index in [1.54, 1.807) is 0 Å². The third-order valence-corrected chi connectivity index (χ3v) is 4.88. The average Bonchev–Trinajstić information content (AvgIpc) is 2.39. The van der Waals surface area contributed by atoms with E-state index in [1.165, 1.54) is 0 Å². The second-order valence-corrected chi connectivity index (χ2v) is 5.64. The molecule has 3 heteroatoms. The maximum atomic E-state index is 10.7. The van der Waals surface area contributed by atoms with Crippen LogP contribution in [-0.4, -0.2) is 36.1 Å². The Hall–Kier alpha value is -0.120. The number of hydrogen-bond donors (Lipinski definition) is 1. The molecule has 0 aliphatic carbocycles. The van der Waals surface area contributed by atoms with Crippen LogP contribution in [0.4, 0.5) is 0 Å². The normalized spacial score (nSPS) is 29.5. The molecule has 2 saturated heterocycles. The van der Waals surface area contributed by atoms with Crippen molar-refractivity contribution in [2.75, 3.05) is 19.8 Å². The summed E-state index contributed by atoms with van der Waals surface area (Å²) in [6, 6.07) is 0. The van der Waals surface area contributed by atoms with Crippen molar-refractivity contribution in [1.29, 1.82) is 0 Å². The molecule has 2 aliphatic heterocycles. The highest BCUT2D eigenvalue weighted by atomic mass is 16.5. The molecule has 17 heavy (non-hydrogen) atoms. The molecule has 1 N–H and O–H groups in total. The van der Waals surface area contributed by atoms with Gasteiger partial charge in [-0.2, -0.15) is 0 Å². The van der Waals surface area contributed by atoms with E-state index in [-0.39, 0.29) is 5.60 Å². The van der Waals surface area contributed by atoms with Crippen LogP contribution in [0.25, 0.3) is 0 Å². The molecule has 0 saturated carbocycles. The second kappa shape index (κ2) is 5.25. The summed E-state index contributed by atoms with van der Waals surface area (Å²) in [7, 11) is 0. The molecule has 1 atom stereocenters. The van der Waals surface area contributed by atoms with Crippen LogP contribution in [0.15, 0.2) is 0 Å². The van der Waals surface area contributed by atoms with Gasteiger partial charge in [-0.05, 0) is 44.4 Å². The van der Waals surface area contributed by atoms with Crippen molar-refractivity contribution >= 4 is 0 Å². The SMILES string of the molecule is CCC(O)(CC)C1CCOC2(CCOCC2)C1. The van der Waals surface area contributed by atoms with Gasteiger partial charge in [-0.3, -0.25) is 0 Å². The summed E-state index contributed by atoms with van der Waals surface area (Å²) in [5.41, 5.74) is -0.491. The van der Waals surface area contributed by atoms with Crippen molar-refractivity contribution in [1.82, 2.24) is 0 Å². The van der Waals surface area contributed by atoms with Crippen molar-refractivity contribution in [3.63, 3.8) is 0 Å². The van der Waals surface area contributed by atoms with E-state index >= 15 is 0 Å². The molecule has 2 aliphatic rings. The Morgan fingerprint density at radius 2 is 1.82 bits per heavy atom. The van der Waals surface area contributed by atoms with Gasteiger partial charge in [0.25, 0.3) is 0 Å². The van der Waals surface area contributed by atoms with Crippen LogP contribution < -0.4 is 0 Å². The van der Waals surface area contributed by atoms with E-state index in [4.69, 9.17) is 9.47 Å². The fourth-order valence-corrected chi connectivity index (χ4v) is 3.41. The monoisotopic (exact) mass is 242 g/mol. The van der Waals surface area contributed by atoms with Crippen LogP contribution in [0.1, 0.15) is 52.4 Å². The van der Waals surface area contributed by atoms with Crippen LogP contribution in [0.2, 0.25) is 0 Å². The first-order valence-corrected chi connectivity index (χ1v) is 7.08. The molecular formula is C14H26O3. The molecule has 1 unspecified atom stereocenters. The maximum absolute atomic E-state index is 10.7. The zero-order valence-corrected chi connectivity index (χ0v) is 11.2. The van der Waals surface area contributed by atoms with Gasteiger partial charge in [0.05, 0.1) is 11.2 Å². The molecule has 100 valence electrons. The molecule has 0 aromatic rings. The van der Waals surface area contributed by atoms with E-state index in [2.05, 4.69) is 13.8 Å². The number of aliphatic hydroxyl groups is 1. The van der Waals surface area contributed by atoms with E-state index in [0.29, 0.717) is 5.92 Å². The van der Waals surface area contributed by atoms with Crippen LogP contribution >= 0.6 is 0 Å². The lowest BCUT2D eigenvalue weighted by Crippen LogP contribution is -2.50. The number of rotatable bonds is 3. The first-order chi connectivity index (χ1) is 8.14. The highest BCUT2D eigenvalue weighted by Crippen LogP contribution is 2.43. The molecule has 0 amide bonds. The first kappa shape index (κ1) is 13.3.